The number of aryl methyl sites for hydroxylation is 1. The molecule has 0 aliphatic heterocycles. The van der Waals surface area contributed by atoms with Crippen molar-refractivity contribution in [1.82, 2.24) is 10.1 Å². The van der Waals surface area contributed by atoms with Crippen molar-refractivity contribution in [1.29, 1.82) is 0 Å². The van der Waals surface area contributed by atoms with E-state index in [1.165, 1.54) is 6.07 Å². The second-order valence-corrected chi connectivity index (χ2v) is 5.69. The second-order valence-electron chi connectivity index (χ2n) is 5.31. The van der Waals surface area contributed by atoms with Crippen LogP contribution in [0.25, 0.3) is 11.1 Å². The van der Waals surface area contributed by atoms with Gasteiger partial charge in [0.25, 0.3) is 0 Å². The number of rotatable bonds is 5. The lowest BCUT2D eigenvalue weighted by molar-refractivity contribution is 0.365. The summed E-state index contributed by atoms with van der Waals surface area (Å²) < 4.78 is 19.7. The molecule has 0 fully saturated rings. The summed E-state index contributed by atoms with van der Waals surface area (Å²) in [7, 11) is 0. The summed E-state index contributed by atoms with van der Waals surface area (Å²) in [5.74, 6) is 1.04. The Labute approximate surface area is 139 Å². The molecule has 0 spiro atoms. The summed E-state index contributed by atoms with van der Waals surface area (Å²) in [6.45, 7) is 1.91. The Bertz CT molecular complexity index is 789. The highest BCUT2D eigenvalue weighted by atomic mass is 35.5. The Balaban J connectivity index is 1.87. The van der Waals surface area contributed by atoms with Gasteiger partial charge < -0.3 is 4.52 Å². The Morgan fingerprint density at radius 1 is 1.17 bits per heavy atom. The number of halogens is 2. The van der Waals surface area contributed by atoms with Crippen LogP contribution in [-0.4, -0.2) is 16.0 Å². The Morgan fingerprint density at radius 3 is 2.65 bits per heavy atom. The molecular weight excluding hydrogens is 315 g/mol. The van der Waals surface area contributed by atoms with Crippen molar-refractivity contribution in [2.24, 2.45) is 0 Å². The second kappa shape index (κ2) is 6.92. The van der Waals surface area contributed by atoms with Gasteiger partial charge in [0.1, 0.15) is 5.82 Å². The fourth-order valence-corrected chi connectivity index (χ4v) is 2.59. The van der Waals surface area contributed by atoms with Crippen molar-refractivity contribution < 1.29 is 8.91 Å². The van der Waals surface area contributed by atoms with Crippen LogP contribution in [0.2, 0.25) is 0 Å². The maximum Gasteiger partial charge on any atom is 0.233 e. The van der Waals surface area contributed by atoms with Crippen LogP contribution in [0.1, 0.15) is 30.1 Å². The highest BCUT2D eigenvalue weighted by Gasteiger charge is 2.18. The molecule has 0 aliphatic carbocycles. The molecule has 3 aromatic rings. The van der Waals surface area contributed by atoms with Gasteiger partial charge >= 0.3 is 0 Å². The number of nitrogens with zero attached hydrogens (tertiary/aromatic N) is 2. The van der Waals surface area contributed by atoms with Crippen molar-refractivity contribution in [3.63, 3.8) is 0 Å². The molecule has 3 rings (SSSR count). The van der Waals surface area contributed by atoms with Crippen molar-refractivity contribution in [3.05, 3.63) is 71.6 Å². The van der Waals surface area contributed by atoms with Crippen LogP contribution >= 0.6 is 11.6 Å². The van der Waals surface area contributed by atoms with E-state index < -0.39 is 0 Å². The average Bonchev–Trinajstić information content (AvgIpc) is 3.04. The van der Waals surface area contributed by atoms with Crippen LogP contribution in [-0.2, 0) is 6.42 Å². The first-order valence-electron chi connectivity index (χ1n) is 7.42. The Hall–Kier alpha value is -2.20. The maximum absolute atomic E-state index is 14.5. The highest BCUT2D eigenvalue weighted by Crippen LogP contribution is 2.28. The first-order chi connectivity index (χ1) is 11.2. The lowest BCUT2D eigenvalue weighted by Gasteiger charge is -2.10. The maximum atomic E-state index is 14.5. The van der Waals surface area contributed by atoms with E-state index in [2.05, 4.69) is 10.1 Å². The molecule has 0 saturated heterocycles. The summed E-state index contributed by atoms with van der Waals surface area (Å²) in [6, 6.07) is 14.7. The minimum Gasteiger partial charge on any atom is -0.339 e. The number of aromatic nitrogens is 2. The van der Waals surface area contributed by atoms with E-state index in [0.29, 0.717) is 29.6 Å². The van der Waals surface area contributed by atoms with Crippen LogP contribution in [0.5, 0.6) is 0 Å². The molecule has 0 aliphatic rings. The van der Waals surface area contributed by atoms with E-state index in [1.54, 1.807) is 6.07 Å². The van der Waals surface area contributed by atoms with Crippen LogP contribution in [0.15, 0.2) is 53.1 Å². The molecule has 0 bridgehead atoms. The predicted octanol–water partition coefficient (Wildman–Crippen LogP) is 4.81. The summed E-state index contributed by atoms with van der Waals surface area (Å²) in [4.78, 5) is 4.30. The zero-order valence-corrected chi connectivity index (χ0v) is 13.4. The first-order valence-corrected chi connectivity index (χ1v) is 7.96. The summed E-state index contributed by atoms with van der Waals surface area (Å²) in [5, 5.41) is 3.88. The number of alkyl halides is 1. The molecular formula is C18H16ClFN2O. The summed E-state index contributed by atoms with van der Waals surface area (Å²) in [5.41, 5.74) is 2.23. The fourth-order valence-electron chi connectivity index (χ4n) is 2.42. The van der Waals surface area contributed by atoms with E-state index in [9.17, 15) is 4.39 Å². The van der Waals surface area contributed by atoms with Crippen molar-refractivity contribution in [3.8, 4) is 11.1 Å². The Morgan fingerprint density at radius 2 is 1.96 bits per heavy atom. The van der Waals surface area contributed by atoms with E-state index in [0.717, 1.165) is 11.1 Å². The molecule has 5 heteroatoms. The van der Waals surface area contributed by atoms with Crippen molar-refractivity contribution in [2.75, 3.05) is 5.88 Å². The third-order valence-corrected chi connectivity index (χ3v) is 3.94. The molecule has 1 atom stereocenters. The van der Waals surface area contributed by atoms with E-state index in [1.807, 2.05) is 43.3 Å². The topological polar surface area (TPSA) is 38.9 Å². The monoisotopic (exact) mass is 330 g/mol. The third kappa shape index (κ3) is 3.42. The van der Waals surface area contributed by atoms with Gasteiger partial charge in [-0.05, 0) is 24.1 Å². The van der Waals surface area contributed by atoms with Crippen LogP contribution in [0, 0.1) is 5.82 Å². The zero-order valence-electron chi connectivity index (χ0n) is 12.7. The smallest absolute Gasteiger partial charge is 0.233 e. The van der Waals surface area contributed by atoms with Crippen molar-refractivity contribution in [2.45, 2.75) is 19.3 Å². The molecule has 3 nitrogen and oxygen atoms in total. The molecule has 0 N–H and O–H groups in total. The largest absolute Gasteiger partial charge is 0.339 e. The SMILES string of the molecule is CC(c1ccc(-c2ccccc2)c(F)c1)c1nc(CCCl)no1. The number of hydrogen-bond acceptors (Lipinski definition) is 3. The van der Waals surface area contributed by atoms with Crippen LogP contribution in [0.3, 0.4) is 0 Å². The molecule has 2 aromatic carbocycles. The molecule has 1 aromatic heterocycles. The van der Waals surface area contributed by atoms with Crippen molar-refractivity contribution >= 4 is 11.6 Å². The van der Waals surface area contributed by atoms with E-state index >= 15 is 0 Å². The average molecular weight is 331 g/mol. The Kier molecular flexibility index (Phi) is 4.72. The highest BCUT2D eigenvalue weighted by molar-refractivity contribution is 6.17. The quantitative estimate of drug-likeness (QED) is 0.630. The molecule has 0 amide bonds. The number of hydrogen-bond donors (Lipinski definition) is 0. The zero-order chi connectivity index (χ0) is 16.2. The molecule has 0 saturated carbocycles. The summed E-state index contributed by atoms with van der Waals surface area (Å²) in [6.07, 6.45) is 0.555. The van der Waals surface area contributed by atoms with Gasteiger partial charge in [0.15, 0.2) is 5.82 Å². The van der Waals surface area contributed by atoms with Gasteiger partial charge in [-0.25, -0.2) is 4.39 Å². The van der Waals surface area contributed by atoms with Gasteiger partial charge in [0.05, 0.1) is 5.92 Å². The third-order valence-electron chi connectivity index (χ3n) is 3.75. The molecule has 1 heterocycles. The number of benzene rings is 2. The molecule has 118 valence electrons. The van der Waals surface area contributed by atoms with Gasteiger partial charge in [-0.3, -0.25) is 0 Å². The van der Waals surface area contributed by atoms with Crippen LogP contribution in [0.4, 0.5) is 4.39 Å². The van der Waals surface area contributed by atoms with E-state index in [-0.39, 0.29) is 11.7 Å². The van der Waals surface area contributed by atoms with Gasteiger partial charge in [-0.15, -0.1) is 11.6 Å². The van der Waals surface area contributed by atoms with Crippen LogP contribution < -0.4 is 0 Å². The lowest BCUT2D eigenvalue weighted by atomic mass is 9.97. The lowest BCUT2D eigenvalue weighted by Crippen LogP contribution is -1.99. The van der Waals surface area contributed by atoms with E-state index in [4.69, 9.17) is 16.1 Å². The normalized spacial score (nSPS) is 12.3. The van der Waals surface area contributed by atoms with Gasteiger partial charge in [-0.2, -0.15) is 4.98 Å². The minimum absolute atomic E-state index is 0.175. The fraction of sp³-hybridized carbons (Fsp3) is 0.222. The molecule has 23 heavy (non-hydrogen) atoms. The van der Waals surface area contributed by atoms with Gasteiger partial charge in [-0.1, -0.05) is 47.6 Å². The summed E-state index contributed by atoms with van der Waals surface area (Å²) >= 11 is 5.67. The molecule has 1 unspecified atom stereocenters. The standard InChI is InChI=1S/C18H16ClFN2O/c1-12(18-21-17(9-10-19)22-23-18)14-7-8-15(16(20)11-14)13-5-3-2-4-6-13/h2-8,11-12H,9-10H2,1H3. The molecule has 0 radical (unpaired) electrons. The van der Waals surface area contributed by atoms with Gasteiger partial charge in [0.2, 0.25) is 5.89 Å². The predicted molar refractivity (Wildman–Crippen MR) is 88.1 cm³/mol. The van der Waals surface area contributed by atoms with Gasteiger partial charge in [0, 0.05) is 17.9 Å². The minimum atomic E-state index is -0.263. The first kappa shape index (κ1) is 15.7.